The average molecular weight is 284 g/mol. The lowest BCUT2D eigenvalue weighted by atomic mass is 10.2. The molecule has 1 rings (SSSR count). The highest BCUT2D eigenvalue weighted by Crippen LogP contribution is 2.13. The second kappa shape index (κ2) is 6.68. The smallest absolute Gasteiger partial charge is 0.285 e. The van der Waals surface area contributed by atoms with Crippen molar-refractivity contribution in [2.24, 2.45) is 4.40 Å². The zero-order chi connectivity index (χ0) is 14.5. The normalized spacial score (nSPS) is 12.8. The number of hydrogen-bond acceptors (Lipinski definition) is 4. The van der Waals surface area contributed by atoms with Crippen molar-refractivity contribution in [2.75, 3.05) is 27.2 Å². The van der Waals surface area contributed by atoms with Crippen molar-refractivity contribution < 1.29 is 13.2 Å². The highest BCUT2D eigenvalue weighted by molar-refractivity contribution is 7.90. The van der Waals surface area contributed by atoms with Gasteiger partial charge in [0.2, 0.25) is 0 Å². The summed E-state index contributed by atoms with van der Waals surface area (Å²) in [5, 5.41) is 0. The number of ether oxygens (including phenoxy) is 1. The first-order valence-corrected chi connectivity index (χ1v) is 7.41. The van der Waals surface area contributed by atoms with Crippen molar-refractivity contribution in [3.63, 3.8) is 0 Å². The summed E-state index contributed by atoms with van der Waals surface area (Å²) in [5.74, 6) is 0.155. The molecular weight excluding hydrogens is 264 g/mol. The fourth-order valence-electron chi connectivity index (χ4n) is 1.33. The number of sulfonamides is 1. The molecule has 5 nitrogen and oxygen atoms in total. The summed E-state index contributed by atoms with van der Waals surface area (Å²) < 4.78 is 32.9. The first-order chi connectivity index (χ1) is 8.81. The zero-order valence-corrected chi connectivity index (χ0v) is 12.6. The van der Waals surface area contributed by atoms with Gasteiger partial charge in [-0.1, -0.05) is 17.7 Å². The van der Waals surface area contributed by atoms with E-state index in [9.17, 15) is 8.42 Å². The van der Waals surface area contributed by atoms with Crippen LogP contribution in [0.15, 0.2) is 33.6 Å². The second-order valence-corrected chi connectivity index (χ2v) is 6.15. The van der Waals surface area contributed by atoms with E-state index in [0.29, 0.717) is 13.2 Å². The molecule has 0 unspecified atom stereocenters. The van der Waals surface area contributed by atoms with Crippen LogP contribution in [0.2, 0.25) is 0 Å². The summed E-state index contributed by atoms with van der Waals surface area (Å²) >= 11 is 0. The lowest BCUT2D eigenvalue weighted by molar-refractivity contribution is 0.250. The van der Waals surface area contributed by atoms with Gasteiger partial charge in [-0.05, 0) is 33.2 Å². The fraction of sp³-hybridized carbons (Fsp3) is 0.462. The maximum absolute atomic E-state index is 12.0. The van der Waals surface area contributed by atoms with Crippen LogP contribution in [0.25, 0.3) is 0 Å². The SMILES string of the molecule is C/C(=N/S(=O)(=O)c1ccc(C)cc1)OCCN(C)C. The molecule has 0 radical (unpaired) electrons. The van der Waals surface area contributed by atoms with Gasteiger partial charge in [0.1, 0.15) is 6.61 Å². The third-order valence-electron chi connectivity index (χ3n) is 2.42. The Morgan fingerprint density at radius 2 is 1.84 bits per heavy atom. The molecule has 0 aromatic heterocycles. The summed E-state index contributed by atoms with van der Waals surface area (Å²) in [5.41, 5.74) is 1.00. The Hall–Kier alpha value is -1.40. The molecule has 106 valence electrons. The van der Waals surface area contributed by atoms with E-state index in [1.807, 2.05) is 25.9 Å². The molecule has 0 fully saturated rings. The van der Waals surface area contributed by atoms with E-state index in [-0.39, 0.29) is 10.8 Å². The molecule has 19 heavy (non-hydrogen) atoms. The largest absolute Gasteiger partial charge is 0.479 e. The minimum atomic E-state index is -3.68. The molecule has 0 atom stereocenters. The molecule has 6 heteroatoms. The van der Waals surface area contributed by atoms with E-state index in [4.69, 9.17) is 4.74 Å². The fourth-order valence-corrected chi connectivity index (χ4v) is 2.31. The van der Waals surface area contributed by atoms with Crippen molar-refractivity contribution in [3.8, 4) is 0 Å². The summed E-state index contributed by atoms with van der Waals surface area (Å²) in [6.45, 7) is 4.56. The Kier molecular flexibility index (Phi) is 5.50. The van der Waals surface area contributed by atoms with Crippen LogP contribution >= 0.6 is 0 Å². The van der Waals surface area contributed by atoms with Crippen molar-refractivity contribution in [1.82, 2.24) is 4.90 Å². The van der Waals surface area contributed by atoms with Gasteiger partial charge in [0.15, 0.2) is 5.90 Å². The first kappa shape index (κ1) is 15.7. The van der Waals surface area contributed by atoms with Crippen LogP contribution in [0.1, 0.15) is 12.5 Å². The average Bonchev–Trinajstić information content (AvgIpc) is 2.28. The molecule has 0 aliphatic carbocycles. The number of benzene rings is 1. The third kappa shape index (κ3) is 5.40. The van der Waals surface area contributed by atoms with Crippen LogP contribution in [0.4, 0.5) is 0 Å². The van der Waals surface area contributed by atoms with E-state index in [1.165, 1.54) is 0 Å². The lowest BCUT2D eigenvalue weighted by Crippen LogP contribution is -2.19. The molecule has 0 bridgehead atoms. The van der Waals surface area contributed by atoms with Crippen molar-refractivity contribution in [2.45, 2.75) is 18.7 Å². The summed E-state index contributed by atoms with van der Waals surface area (Å²) in [6, 6.07) is 6.57. The molecule has 1 aromatic carbocycles. The Balaban J connectivity index is 2.75. The number of rotatable bonds is 5. The van der Waals surface area contributed by atoms with Crippen LogP contribution in [0.3, 0.4) is 0 Å². The van der Waals surface area contributed by atoms with Crippen LogP contribution in [0.5, 0.6) is 0 Å². The summed E-state index contributed by atoms with van der Waals surface area (Å²) in [4.78, 5) is 2.12. The predicted molar refractivity (Wildman–Crippen MR) is 76.0 cm³/mol. The van der Waals surface area contributed by atoms with E-state index in [0.717, 1.165) is 5.56 Å². The molecule has 0 amide bonds. The van der Waals surface area contributed by atoms with E-state index < -0.39 is 10.0 Å². The van der Waals surface area contributed by atoms with Gasteiger partial charge < -0.3 is 9.64 Å². The predicted octanol–water partition coefficient (Wildman–Crippen LogP) is 1.68. The molecule has 0 N–H and O–H groups in total. The Bertz CT molecular complexity index is 534. The van der Waals surface area contributed by atoms with Gasteiger partial charge >= 0.3 is 0 Å². The van der Waals surface area contributed by atoms with Gasteiger partial charge in [-0.25, -0.2) is 0 Å². The third-order valence-corrected chi connectivity index (χ3v) is 3.78. The van der Waals surface area contributed by atoms with E-state index >= 15 is 0 Å². The number of aryl methyl sites for hydroxylation is 1. The molecule has 1 aromatic rings. The lowest BCUT2D eigenvalue weighted by Gasteiger charge is -2.10. The minimum Gasteiger partial charge on any atom is -0.479 e. The molecule has 0 heterocycles. The Morgan fingerprint density at radius 1 is 1.26 bits per heavy atom. The molecule has 0 aliphatic rings. The monoisotopic (exact) mass is 284 g/mol. The maximum atomic E-state index is 12.0. The topological polar surface area (TPSA) is 59.0 Å². The standard InChI is InChI=1S/C13H20N2O3S/c1-11-5-7-13(8-6-11)19(16,17)14-12(2)18-10-9-15(3)4/h5-8H,9-10H2,1-4H3/b14-12-. The second-order valence-electron chi connectivity index (χ2n) is 4.55. The van der Waals surface area contributed by atoms with Gasteiger partial charge in [0.25, 0.3) is 10.0 Å². The van der Waals surface area contributed by atoms with E-state index in [2.05, 4.69) is 4.40 Å². The van der Waals surface area contributed by atoms with Gasteiger partial charge in [0.05, 0.1) is 4.90 Å². The number of likely N-dealkylation sites (N-methyl/N-ethyl adjacent to an activating group) is 1. The van der Waals surface area contributed by atoms with Crippen LogP contribution in [-0.4, -0.2) is 46.5 Å². The molecule has 0 saturated heterocycles. The highest BCUT2D eigenvalue weighted by Gasteiger charge is 2.13. The van der Waals surface area contributed by atoms with Crippen molar-refractivity contribution in [1.29, 1.82) is 0 Å². The summed E-state index contributed by atoms with van der Waals surface area (Å²) in [6.07, 6.45) is 0. The van der Waals surface area contributed by atoms with Crippen molar-refractivity contribution in [3.05, 3.63) is 29.8 Å². The minimum absolute atomic E-state index is 0.155. The van der Waals surface area contributed by atoms with E-state index in [1.54, 1.807) is 31.2 Å². The van der Waals surface area contributed by atoms with Gasteiger partial charge in [-0.3, -0.25) is 0 Å². The highest BCUT2D eigenvalue weighted by atomic mass is 32.2. The van der Waals surface area contributed by atoms with Crippen LogP contribution < -0.4 is 0 Å². The van der Waals surface area contributed by atoms with Gasteiger partial charge in [0, 0.05) is 13.5 Å². The maximum Gasteiger partial charge on any atom is 0.285 e. The van der Waals surface area contributed by atoms with Crippen molar-refractivity contribution >= 4 is 15.9 Å². The number of hydrogen-bond donors (Lipinski definition) is 0. The molecular formula is C13H20N2O3S. The van der Waals surface area contributed by atoms with Crippen LogP contribution in [-0.2, 0) is 14.8 Å². The summed E-state index contributed by atoms with van der Waals surface area (Å²) in [7, 11) is 0.154. The number of nitrogens with zero attached hydrogens (tertiary/aromatic N) is 2. The quantitative estimate of drug-likeness (QED) is 0.610. The van der Waals surface area contributed by atoms with Crippen LogP contribution in [0, 0.1) is 6.92 Å². The Morgan fingerprint density at radius 3 is 2.37 bits per heavy atom. The first-order valence-electron chi connectivity index (χ1n) is 5.97. The Labute approximate surface area is 115 Å². The zero-order valence-electron chi connectivity index (χ0n) is 11.8. The molecule has 0 spiro atoms. The van der Waals surface area contributed by atoms with Gasteiger partial charge in [-0.2, -0.15) is 8.42 Å². The van der Waals surface area contributed by atoms with Gasteiger partial charge in [-0.15, -0.1) is 4.40 Å². The molecule has 0 aliphatic heterocycles. The molecule has 0 saturated carbocycles.